The van der Waals surface area contributed by atoms with Gasteiger partial charge in [0.1, 0.15) is 23.3 Å². The molecule has 0 aliphatic heterocycles. The van der Waals surface area contributed by atoms with Crippen LogP contribution in [0.25, 0.3) is 0 Å². The molecule has 12 nitrogen and oxygen atoms in total. The van der Waals surface area contributed by atoms with Crippen LogP contribution < -0.4 is 16.0 Å². The topological polar surface area (TPSA) is 150 Å². The standard InChI is InChI=1S/C33H41N5O7/c1-21(39)44-26-16-23-14-10-11-15-24(23)28(26)38-17-27(34-20-38)36-29(40)25(19-43-18-22-12-8-7-9-13-22)35-30(41)33(5,6)37-31(42)45-32(2,3)4/h7-15,17,20,25-26,28H,16,18-19H2,1-6H3,(H,35,41)(H,36,40)(H,37,42). The number of imidazole rings is 1. The molecule has 0 spiro atoms. The Balaban J connectivity index is 1.49. The number of carbonyl (C=O) groups excluding carboxylic acids is 4. The van der Waals surface area contributed by atoms with E-state index in [-0.39, 0.29) is 31.0 Å². The summed E-state index contributed by atoms with van der Waals surface area (Å²) in [6.07, 6.45) is 2.57. The summed E-state index contributed by atoms with van der Waals surface area (Å²) < 4.78 is 18.5. The minimum absolute atomic E-state index is 0.153. The van der Waals surface area contributed by atoms with Crippen LogP contribution in [0, 0.1) is 0 Å². The number of nitrogens with one attached hydrogen (secondary N) is 3. The molecular formula is C33H41N5O7. The first-order chi connectivity index (χ1) is 21.2. The quantitative estimate of drug-likeness (QED) is 0.274. The molecule has 0 saturated heterocycles. The van der Waals surface area contributed by atoms with Crippen LogP contribution in [-0.2, 0) is 41.6 Å². The number of amides is 3. The molecule has 2 aromatic carbocycles. The molecule has 3 aromatic rings. The molecule has 1 aromatic heterocycles. The van der Waals surface area contributed by atoms with Gasteiger partial charge in [-0.15, -0.1) is 0 Å². The van der Waals surface area contributed by atoms with Gasteiger partial charge in [0.15, 0.2) is 5.82 Å². The molecule has 240 valence electrons. The van der Waals surface area contributed by atoms with Gasteiger partial charge in [-0.2, -0.15) is 0 Å². The maximum absolute atomic E-state index is 13.5. The van der Waals surface area contributed by atoms with Gasteiger partial charge in [0.2, 0.25) is 5.91 Å². The normalized spacial score (nSPS) is 16.7. The van der Waals surface area contributed by atoms with Gasteiger partial charge in [-0.3, -0.25) is 14.4 Å². The number of fused-ring (bicyclic) bond motifs is 1. The van der Waals surface area contributed by atoms with E-state index in [9.17, 15) is 19.2 Å². The first-order valence-corrected chi connectivity index (χ1v) is 14.7. The molecule has 12 heteroatoms. The molecular weight excluding hydrogens is 578 g/mol. The summed E-state index contributed by atoms with van der Waals surface area (Å²) in [5, 5.41) is 8.01. The highest BCUT2D eigenvalue weighted by Crippen LogP contribution is 2.36. The van der Waals surface area contributed by atoms with Crippen LogP contribution in [0.3, 0.4) is 0 Å². The molecule has 0 bridgehead atoms. The summed E-state index contributed by atoms with van der Waals surface area (Å²) in [4.78, 5) is 55.4. The Bertz CT molecular complexity index is 1510. The summed E-state index contributed by atoms with van der Waals surface area (Å²) >= 11 is 0. The molecule has 3 unspecified atom stereocenters. The zero-order valence-electron chi connectivity index (χ0n) is 26.5. The van der Waals surface area contributed by atoms with Gasteiger partial charge in [-0.1, -0.05) is 54.6 Å². The molecule has 45 heavy (non-hydrogen) atoms. The van der Waals surface area contributed by atoms with Crippen LogP contribution in [0.1, 0.15) is 64.3 Å². The fourth-order valence-corrected chi connectivity index (χ4v) is 4.98. The predicted octanol–water partition coefficient (Wildman–Crippen LogP) is 3.90. The summed E-state index contributed by atoms with van der Waals surface area (Å²) in [6, 6.07) is 15.8. The summed E-state index contributed by atoms with van der Waals surface area (Å²) in [5.41, 5.74) is 0.788. The Morgan fingerprint density at radius 1 is 1.00 bits per heavy atom. The fraction of sp³-hybridized carbons (Fsp3) is 0.424. The van der Waals surface area contributed by atoms with Crippen LogP contribution >= 0.6 is 0 Å². The summed E-state index contributed by atoms with van der Waals surface area (Å²) in [7, 11) is 0. The van der Waals surface area contributed by atoms with E-state index in [4.69, 9.17) is 14.2 Å². The first-order valence-electron chi connectivity index (χ1n) is 14.7. The molecule has 4 rings (SSSR count). The second-order valence-corrected chi connectivity index (χ2v) is 12.5. The van der Waals surface area contributed by atoms with Gasteiger partial charge in [0.05, 0.1) is 25.6 Å². The van der Waals surface area contributed by atoms with E-state index in [1.165, 1.54) is 20.8 Å². The summed E-state index contributed by atoms with van der Waals surface area (Å²) in [6.45, 7) is 9.60. The maximum atomic E-state index is 13.5. The Kier molecular flexibility index (Phi) is 10.3. The second-order valence-electron chi connectivity index (χ2n) is 12.5. The zero-order chi connectivity index (χ0) is 32.8. The van der Waals surface area contributed by atoms with Gasteiger partial charge in [-0.25, -0.2) is 9.78 Å². The van der Waals surface area contributed by atoms with Crippen molar-refractivity contribution in [2.75, 3.05) is 11.9 Å². The number of nitrogens with zero attached hydrogens (tertiary/aromatic N) is 2. The Hall–Kier alpha value is -4.71. The van der Waals surface area contributed by atoms with E-state index < -0.39 is 41.2 Å². The molecule has 3 atom stereocenters. The van der Waals surface area contributed by atoms with Crippen molar-refractivity contribution in [1.29, 1.82) is 0 Å². The van der Waals surface area contributed by atoms with Crippen LogP contribution in [0.2, 0.25) is 0 Å². The lowest BCUT2D eigenvalue weighted by Gasteiger charge is -2.29. The van der Waals surface area contributed by atoms with Crippen LogP contribution in [-0.4, -0.2) is 63.3 Å². The molecule has 1 heterocycles. The minimum Gasteiger partial charge on any atom is -0.460 e. The van der Waals surface area contributed by atoms with E-state index in [0.29, 0.717) is 6.42 Å². The Labute approximate surface area is 262 Å². The lowest BCUT2D eigenvalue weighted by molar-refractivity contribution is -0.147. The number of hydrogen-bond donors (Lipinski definition) is 3. The number of rotatable bonds is 11. The number of ether oxygens (including phenoxy) is 3. The predicted molar refractivity (Wildman–Crippen MR) is 166 cm³/mol. The monoisotopic (exact) mass is 619 g/mol. The van der Waals surface area contributed by atoms with Crippen molar-refractivity contribution < 1.29 is 33.4 Å². The lowest BCUT2D eigenvalue weighted by atomic mass is 10.0. The number of aromatic nitrogens is 2. The van der Waals surface area contributed by atoms with Gasteiger partial charge < -0.3 is 34.7 Å². The lowest BCUT2D eigenvalue weighted by Crippen LogP contribution is -2.59. The number of hydrogen-bond acceptors (Lipinski definition) is 8. The third-order valence-corrected chi connectivity index (χ3v) is 7.04. The third kappa shape index (κ3) is 9.15. The fourth-order valence-electron chi connectivity index (χ4n) is 4.98. The van der Waals surface area contributed by atoms with Crippen molar-refractivity contribution in [3.8, 4) is 0 Å². The SMILES string of the molecule is CC(=O)OC1Cc2ccccc2C1n1cnc(NC(=O)C(COCc2ccccc2)NC(=O)C(C)(C)NC(=O)OC(C)(C)C)c1. The Morgan fingerprint density at radius 3 is 2.38 bits per heavy atom. The van der Waals surface area contributed by atoms with E-state index in [1.54, 1.807) is 37.9 Å². The van der Waals surface area contributed by atoms with E-state index in [0.717, 1.165) is 16.7 Å². The number of alkyl carbamates (subject to hydrolysis) is 1. The van der Waals surface area contributed by atoms with Gasteiger partial charge >= 0.3 is 12.1 Å². The van der Waals surface area contributed by atoms with E-state index in [1.807, 2.05) is 54.6 Å². The van der Waals surface area contributed by atoms with Crippen molar-refractivity contribution in [3.63, 3.8) is 0 Å². The van der Waals surface area contributed by atoms with Crippen molar-refractivity contribution in [2.45, 2.75) is 83.9 Å². The van der Waals surface area contributed by atoms with Crippen molar-refractivity contribution in [3.05, 3.63) is 83.8 Å². The minimum atomic E-state index is -1.41. The highest BCUT2D eigenvalue weighted by Gasteiger charge is 2.37. The van der Waals surface area contributed by atoms with Crippen LogP contribution in [0.5, 0.6) is 0 Å². The van der Waals surface area contributed by atoms with E-state index in [2.05, 4.69) is 20.9 Å². The average Bonchev–Trinajstić information content (AvgIpc) is 3.54. The molecule has 1 aliphatic rings. The molecule has 0 radical (unpaired) electrons. The number of esters is 1. The maximum Gasteiger partial charge on any atom is 0.408 e. The van der Waals surface area contributed by atoms with Gasteiger partial charge in [0.25, 0.3) is 5.91 Å². The van der Waals surface area contributed by atoms with Gasteiger partial charge in [-0.05, 0) is 51.3 Å². The van der Waals surface area contributed by atoms with Crippen molar-refractivity contribution >= 4 is 29.7 Å². The molecule has 1 aliphatic carbocycles. The molecule has 3 N–H and O–H groups in total. The van der Waals surface area contributed by atoms with Crippen molar-refractivity contribution in [2.24, 2.45) is 0 Å². The first kappa shape index (κ1) is 33.2. The smallest absolute Gasteiger partial charge is 0.408 e. The number of carbonyl (C=O) groups is 4. The molecule has 3 amide bonds. The third-order valence-electron chi connectivity index (χ3n) is 7.04. The highest BCUT2D eigenvalue weighted by atomic mass is 16.6. The van der Waals surface area contributed by atoms with Gasteiger partial charge in [0, 0.05) is 19.5 Å². The number of benzene rings is 2. The van der Waals surface area contributed by atoms with Crippen molar-refractivity contribution in [1.82, 2.24) is 20.2 Å². The molecule has 0 fully saturated rings. The Morgan fingerprint density at radius 2 is 1.69 bits per heavy atom. The summed E-state index contributed by atoms with van der Waals surface area (Å²) in [5.74, 6) is -1.34. The number of anilines is 1. The van der Waals surface area contributed by atoms with Crippen LogP contribution in [0.15, 0.2) is 67.1 Å². The largest absolute Gasteiger partial charge is 0.460 e. The van der Waals surface area contributed by atoms with E-state index >= 15 is 0 Å². The van der Waals surface area contributed by atoms with Crippen LogP contribution in [0.4, 0.5) is 10.6 Å². The average molecular weight is 620 g/mol. The highest BCUT2D eigenvalue weighted by molar-refractivity contribution is 5.98. The zero-order valence-corrected chi connectivity index (χ0v) is 26.5. The second kappa shape index (κ2) is 13.9. The molecule has 0 saturated carbocycles.